The van der Waals surface area contributed by atoms with Crippen LogP contribution in [0.25, 0.3) is 0 Å². The fourth-order valence-electron chi connectivity index (χ4n) is 3.13. The maximum atomic E-state index is 12.5. The van der Waals surface area contributed by atoms with E-state index in [1.165, 1.54) is 6.92 Å². The van der Waals surface area contributed by atoms with Crippen LogP contribution in [0, 0.1) is 0 Å². The minimum absolute atomic E-state index is 0.0834. The highest BCUT2D eigenvalue weighted by Crippen LogP contribution is 2.20. The Hall–Kier alpha value is -3.22. The number of hydrogen-bond donors (Lipinski definition) is 2. The highest BCUT2D eigenvalue weighted by Gasteiger charge is 2.21. The van der Waals surface area contributed by atoms with Crippen LogP contribution in [0.3, 0.4) is 0 Å². The number of anilines is 3. The van der Waals surface area contributed by atoms with E-state index >= 15 is 0 Å². The molecule has 2 aromatic rings. The van der Waals surface area contributed by atoms with E-state index in [0.29, 0.717) is 19.7 Å². The van der Waals surface area contributed by atoms with Crippen molar-refractivity contribution in [1.82, 2.24) is 4.90 Å². The number of ether oxygens (including phenoxy) is 1. The zero-order valence-electron chi connectivity index (χ0n) is 16.3. The van der Waals surface area contributed by atoms with Crippen LogP contribution in [0.4, 0.5) is 21.9 Å². The van der Waals surface area contributed by atoms with Gasteiger partial charge in [-0.25, -0.2) is 4.79 Å². The average molecular weight is 382 g/mol. The lowest BCUT2D eigenvalue weighted by Gasteiger charge is -2.36. The zero-order valence-corrected chi connectivity index (χ0v) is 16.3. The Morgan fingerprint density at radius 2 is 1.46 bits per heavy atom. The summed E-state index contributed by atoms with van der Waals surface area (Å²) in [7, 11) is 0. The second kappa shape index (κ2) is 9.12. The van der Waals surface area contributed by atoms with Crippen molar-refractivity contribution in [2.45, 2.75) is 13.8 Å². The smallest absolute Gasteiger partial charge is 0.321 e. The molecule has 0 atom stereocenters. The van der Waals surface area contributed by atoms with E-state index in [2.05, 4.69) is 15.5 Å². The number of carbonyl (C=O) groups is 2. The van der Waals surface area contributed by atoms with Crippen molar-refractivity contribution in [3.63, 3.8) is 0 Å². The molecule has 0 radical (unpaired) electrons. The average Bonchev–Trinajstić information content (AvgIpc) is 2.70. The van der Waals surface area contributed by atoms with E-state index in [4.69, 9.17) is 4.74 Å². The molecular formula is C21H26N4O3. The standard InChI is InChI=1S/C21H26N4O3/c1-3-28-20-10-6-18(7-11-20)23-21(27)25-14-12-24(13-15-25)19-8-4-17(5-9-19)22-16(2)26/h4-11H,3,12-15H2,1-2H3,(H,22,26)(H,23,27). The number of piperazine rings is 1. The van der Waals surface area contributed by atoms with Crippen molar-refractivity contribution >= 4 is 29.0 Å². The van der Waals surface area contributed by atoms with Crippen molar-refractivity contribution in [2.24, 2.45) is 0 Å². The molecule has 0 saturated carbocycles. The third-order valence-corrected chi connectivity index (χ3v) is 4.54. The molecule has 148 valence electrons. The molecule has 2 aromatic carbocycles. The molecule has 2 N–H and O–H groups in total. The number of nitrogens with zero attached hydrogens (tertiary/aromatic N) is 2. The maximum absolute atomic E-state index is 12.5. The lowest BCUT2D eigenvalue weighted by Crippen LogP contribution is -2.50. The number of urea groups is 1. The molecule has 1 heterocycles. The van der Waals surface area contributed by atoms with Gasteiger partial charge in [0.2, 0.25) is 5.91 Å². The number of benzene rings is 2. The Morgan fingerprint density at radius 1 is 0.893 bits per heavy atom. The molecule has 1 aliphatic rings. The molecule has 0 aliphatic carbocycles. The third-order valence-electron chi connectivity index (χ3n) is 4.54. The normalized spacial score (nSPS) is 13.8. The Bertz CT molecular complexity index is 797. The molecule has 7 heteroatoms. The van der Waals surface area contributed by atoms with Crippen LogP contribution in [-0.2, 0) is 4.79 Å². The minimum atomic E-state index is -0.0928. The molecular weight excluding hydrogens is 356 g/mol. The van der Waals surface area contributed by atoms with Gasteiger partial charge in [0.15, 0.2) is 0 Å². The molecule has 1 aliphatic heterocycles. The summed E-state index contributed by atoms with van der Waals surface area (Å²) in [4.78, 5) is 27.7. The number of carbonyl (C=O) groups excluding carboxylic acids is 2. The summed E-state index contributed by atoms with van der Waals surface area (Å²) in [5, 5.41) is 5.70. The Morgan fingerprint density at radius 3 is 2.04 bits per heavy atom. The predicted octanol–water partition coefficient (Wildman–Crippen LogP) is 3.40. The van der Waals surface area contributed by atoms with Crippen LogP contribution >= 0.6 is 0 Å². The summed E-state index contributed by atoms with van der Waals surface area (Å²) in [6.07, 6.45) is 0. The van der Waals surface area contributed by atoms with Crippen LogP contribution in [-0.4, -0.2) is 49.6 Å². The van der Waals surface area contributed by atoms with Crippen molar-refractivity contribution in [3.8, 4) is 5.75 Å². The van der Waals surface area contributed by atoms with Gasteiger partial charge in [-0.3, -0.25) is 4.79 Å². The molecule has 0 bridgehead atoms. The van der Waals surface area contributed by atoms with Crippen molar-refractivity contribution < 1.29 is 14.3 Å². The number of nitrogens with one attached hydrogen (secondary N) is 2. The monoisotopic (exact) mass is 382 g/mol. The van der Waals surface area contributed by atoms with Crippen LogP contribution < -0.4 is 20.3 Å². The van der Waals surface area contributed by atoms with Gasteiger partial charge in [-0.15, -0.1) is 0 Å². The molecule has 0 spiro atoms. The first-order valence-corrected chi connectivity index (χ1v) is 9.46. The fourth-order valence-corrected chi connectivity index (χ4v) is 3.13. The maximum Gasteiger partial charge on any atom is 0.321 e. The summed E-state index contributed by atoms with van der Waals surface area (Å²) < 4.78 is 5.41. The molecule has 0 unspecified atom stereocenters. The van der Waals surface area contributed by atoms with E-state index in [0.717, 1.165) is 35.9 Å². The van der Waals surface area contributed by atoms with Gasteiger partial charge in [-0.2, -0.15) is 0 Å². The van der Waals surface area contributed by atoms with E-state index < -0.39 is 0 Å². The lowest BCUT2D eigenvalue weighted by atomic mass is 10.2. The van der Waals surface area contributed by atoms with Gasteiger partial charge in [-0.1, -0.05) is 0 Å². The van der Waals surface area contributed by atoms with Crippen LogP contribution in [0.15, 0.2) is 48.5 Å². The SMILES string of the molecule is CCOc1ccc(NC(=O)N2CCN(c3ccc(NC(C)=O)cc3)CC2)cc1. The van der Waals surface area contributed by atoms with Crippen LogP contribution in [0.2, 0.25) is 0 Å². The molecule has 28 heavy (non-hydrogen) atoms. The largest absolute Gasteiger partial charge is 0.494 e. The van der Waals surface area contributed by atoms with Crippen LogP contribution in [0.1, 0.15) is 13.8 Å². The fraction of sp³-hybridized carbons (Fsp3) is 0.333. The number of hydrogen-bond acceptors (Lipinski definition) is 4. The summed E-state index contributed by atoms with van der Waals surface area (Å²) in [5.41, 5.74) is 2.62. The summed E-state index contributed by atoms with van der Waals surface area (Å²) >= 11 is 0. The van der Waals surface area contributed by atoms with Gasteiger partial charge in [-0.05, 0) is 55.5 Å². The first kappa shape index (κ1) is 19.5. The summed E-state index contributed by atoms with van der Waals surface area (Å²) in [6, 6.07) is 15.0. The highest BCUT2D eigenvalue weighted by atomic mass is 16.5. The van der Waals surface area contributed by atoms with E-state index in [1.54, 1.807) is 0 Å². The van der Waals surface area contributed by atoms with E-state index in [1.807, 2.05) is 60.4 Å². The first-order valence-electron chi connectivity index (χ1n) is 9.46. The van der Waals surface area contributed by atoms with Crippen LogP contribution in [0.5, 0.6) is 5.75 Å². The van der Waals surface area contributed by atoms with Crippen molar-refractivity contribution in [2.75, 3.05) is 48.3 Å². The van der Waals surface area contributed by atoms with Gasteiger partial charge in [0.25, 0.3) is 0 Å². The van der Waals surface area contributed by atoms with E-state index in [-0.39, 0.29) is 11.9 Å². The van der Waals surface area contributed by atoms with Crippen molar-refractivity contribution in [1.29, 1.82) is 0 Å². The molecule has 1 fully saturated rings. The third kappa shape index (κ3) is 5.16. The first-order chi connectivity index (χ1) is 13.5. The molecule has 3 rings (SSSR count). The predicted molar refractivity (Wildman–Crippen MR) is 111 cm³/mol. The van der Waals surface area contributed by atoms with E-state index in [9.17, 15) is 9.59 Å². The second-order valence-corrected chi connectivity index (χ2v) is 6.59. The van der Waals surface area contributed by atoms with Crippen molar-refractivity contribution in [3.05, 3.63) is 48.5 Å². The minimum Gasteiger partial charge on any atom is -0.494 e. The van der Waals surface area contributed by atoms with Gasteiger partial charge in [0, 0.05) is 50.2 Å². The number of amides is 3. The lowest BCUT2D eigenvalue weighted by molar-refractivity contribution is -0.114. The quantitative estimate of drug-likeness (QED) is 0.831. The van der Waals surface area contributed by atoms with Gasteiger partial charge in [0.05, 0.1) is 6.61 Å². The van der Waals surface area contributed by atoms with Gasteiger partial charge >= 0.3 is 6.03 Å². The highest BCUT2D eigenvalue weighted by molar-refractivity contribution is 5.90. The molecule has 1 saturated heterocycles. The Kier molecular flexibility index (Phi) is 6.37. The second-order valence-electron chi connectivity index (χ2n) is 6.59. The molecule has 3 amide bonds. The summed E-state index contributed by atoms with van der Waals surface area (Å²) in [5.74, 6) is 0.707. The molecule has 0 aromatic heterocycles. The Balaban J connectivity index is 1.50. The van der Waals surface area contributed by atoms with Gasteiger partial charge < -0.3 is 25.2 Å². The topological polar surface area (TPSA) is 73.9 Å². The summed E-state index contributed by atoms with van der Waals surface area (Å²) in [6.45, 7) is 6.86. The van der Waals surface area contributed by atoms with Gasteiger partial charge in [0.1, 0.15) is 5.75 Å². The molecule has 7 nitrogen and oxygen atoms in total. The zero-order chi connectivity index (χ0) is 19.9. The Labute approximate surface area is 165 Å². The number of rotatable bonds is 5.